The van der Waals surface area contributed by atoms with Crippen LogP contribution < -0.4 is 5.73 Å². The molecule has 6 nitrogen and oxygen atoms in total. The Bertz CT molecular complexity index is 532. The van der Waals surface area contributed by atoms with Crippen molar-refractivity contribution < 1.29 is 5.21 Å². The monoisotopic (exact) mass is 217 g/mol. The van der Waals surface area contributed by atoms with Crippen LogP contribution in [0.3, 0.4) is 0 Å². The molecule has 0 aromatic carbocycles. The zero-order valence-electron chi connectivity index (χ0n) is 8.70. The molecule has 0 bridgehead atoms. The quantitative estimate of drug-likeness (QED) is 0.335. The van der Waals surface area contributed by atoms with Crippen molar-refractivity contribution in [2.75, 3.05) is 0 Å². The number of hydrogen-bond acceptors (Lipinski definition) is 4. The van der Waals surface area contributed by atoms with Gasteiger partial charge >= 0.3 is 0 Å². The largest absolute Gasteiger partial charge is 0.409 e. The summed E-state index contributed by atoms with van der Waals surface area (Å²) in [7, 11) is 0. The number of rotatable bonds is 2. The van der Waals surface area contributed by atoms with Crippen molar-refractivity contribution in [3.05, 3.63) is 42.0 Å². The number of oxime groups is 1. The fraction of sp³-hybridized carbons (Fsp3) is 0.100. The number of nitrogens with two attached hydrogens (primary N) is 1. The third-order valence-electron chi connectivity index (χ3n) is 2.12. The molecule has 0 radical (unpaired) electrons. The van der Waals surface area contributed by atoms with Crippen LogP contribution in [0.2, 0.25) is 0 Å². The molecule has 82 valence electrons. The van der Waals surface area contributed by atoms with Gasteiger partial charge in [-0.05, 0) is 25.1 Å². The number of amidine groups is 1. The number of aromatic nitrogens is 3. The first-order valence-corrected chi connectivity index (χ1v) is 4.67. The van der Waals surface area contributed by atoms with E-state index in [1.807, 2.05) is 6.92 Å². The number of hydrogen-bond donors (Lipinski definition) is 2. The van der Waals surface area contributed by atoms with Gasteiger partial charge in [0.2, 0.25) is 5.95 Å². The highest BCUT2D eigenvalue weighted by molar-refractivity contribution is 5.96. The van der Waals surface area contributed by atoms with Crippen LogP contribution in [0, 0.1) is 6.92 Å². The maximum absolute atomic E-state index is 8.64. The van der Waals surface area contributed by atoms with Crippen LogP contribution in [0.1, 0.15) is 11.4 Å². The highest BCUT2D eigenvalue weighted by atomic mass is 16.4. The van der Waals surface area contributed by atoms with E-state index in [1.54, 1.807) is 35.2 Å². The lowest BCUT2D eigenvalue weighted by Crippen LogP contribution is -2.18. The molecule has 2 aromatic heterocycles. The van der Waals surface area contributed by atoms with E-state index in [9.17, 15) is 0 Å². The SMILES string of the molecule is Cc1ccnc(-n2cccc2/C(N)=N/O)n1. The molecule has 2 heterocycles. The van der Waals surface area contributed by atoms with Gasteiger partial charge in [0.25, 0.3) is 0 Å². The van der Waals surface area contributed by atoms with Gasteiger partial charge < -0.3 is 10.9 Å². The lowest BCUT2D eigenvalue weighted by Gasteiger charge is -2.06. The maximum Gasteiger partial charge on any atom is 0.234 e. The predicted octanol–water partition coefficient (Wildman–Crippen LogP) is 0.670. The van der Waals surface area contributed by atoms with E-state index < -0.39 is 0 Å². The van der Waals surface area contributed by atoms with E-state index in [4.69, 9.17) is 10.9 Å². The first-order valence-electron chi connectivity index (χ1n) is 4.67. The summed E-state index contributed by atoms with van der Waals surface area (Å²) in [6.45, 7) is 1.87. The van der Waals surface area contributed by atoms with Crippen molar-refractivity contribution in [1.29, 1.82) is 0 Å². The van der Waals surface area contributed by atoms with Crippen molar-refractivity contribution >= 4 is 5.84 Å². The van der Waals surface area contributed by atoms with E-state index in [2.05, 4.69) is 15.1 Å². The Hall–Kier alpha value is -2.37. The fourth-order valence-corrected chi connectivity index (χ4v) is 1.37. The van der Waals surface area contributed by atoms with E-state index >= 15 is 0 Å². The molecule has 0 fully saturated rings. The van der Waals surface area contributed by atoms with Crippen LogP contribution in [-0.2, 0) is 0 Å². The molecular weight excluding hydrogens is 206 g/mol. The van der Waals surface area contributed by atoms with Gasteiger partial charge in [0, 0.05) is 18.1 Å². The van der Waals surface area contributed by atoms with Crippen LogP contribution in [0.25, 0.3) is 5.95 Å². The summed E-state index contributed by atoms with van der Waals surface area (Å²) >= 11 is 0. The highest BCUT2D eigenvalue weighted by Gasteiger charge is 2.09. The summed E-state index contributed by atoms with van der Waals surface area (Å²) in [5, 5.41) is 11.6. The van der Waals surface area contributed by atoms with Crippen molar-refractivity contribution in [2.24, 2.45) is 10.9 Å². The van der Waals surface area contributed by atoms with Crippen LogP contribution >= 0.6 is 0 Å². The van der Waals surface area contributed by atoms with Gasteiger partial charge in [0.05, 0.1) is 5.69 Å². The Morgan fingerprint density at radius 1 is 1.50 bits per heavy atom. The summed E-state index contributed by atoms with van der Waals surface area (Å²) in [6.07, 6.45) is 3.41. The van der Waals surface area contributed by atoms with Crippen LogP contribution in [0.15, 0.2) is 35.7 Å². The Labute approximate surface area is 92.1 Å². The van der Waals surface area contributed by atoms with Crippen LogP contribution in [-0.4, -0.2) is 25.6 Å². The van der Waals surface area contributed by atoms with Gasteiger partial charge in [0.1, 0.15) is 0 Å². The molecule has 2 aromatic rings. The molecule has 0 atom stereocenters. The average Bonchev–Trinajstić information content (AvgIpc) is 2.77. The Morgan fingerprint density at radius 3 is 3.00 bits per heavy atom. The minimum atomic E-state index is 0.0232. The lowest BCUT2D eigenvalue weighted by atomic mass is 10.4. The zero-order chi connectivity index (χ0) is 11.5. The molecule has 0 unspecified atom stereocenters. The van der Waals surface area contributed by atoms with E-state index in [1.165, 1.54) is 0 Å². The molecule has 0 aliphatic heterocycles. The van der Waals surface area contributed by atoms with E-state index in [0.717, 1.165) is 5.69 Å². The summed E-state index contributed by atoms with van der Waals surface area (Å²) in [5.41, 5.74) is 6.94. The summed E-state index contributed by atoms with van der Waals surface area (Å²) in [5.74, 6) is 0.515. The maximum atomic E-state index is 8.64. The molecule has 3 N–H and O–H groups in total. The van der Waals surface area contributed by atoms with Crippen molar-refractivity contribution in [2.45, 2.75) is 6.92 Å². The Kier molecular flexibility index (Phi) is 2.55. The molecule has 16 heavy (non-hydrogen) atoms. The van der Waals surface area contributed by atoms with Gasteiger partial charge in [-0.2, -0.15) is 0 Å². The predicted molar refractivity (Wildman–Crippen MR) is 58.6 cm³/mol. The average molecular weight is 217 g/mol. The van der Waals surface area contributed by atoms with Crippen LogP contribution in [0.5, 0.6) is 0 Å². The second-order valence-corrected chi connectivity index (χ2v) is 3.25. The second-order valence-electron chi connectivity index (χ2n) is 3.25. The molecule has 0 saturated heterocycles. The molecule has 0 aliphatic rings. The first-order chi connectivity index (χ1) is 7.72. The van der Waals surface area contributed by atoms with Crippen LogP contribution in [0.4, 0.5) is 0 Å². The normalized spacial score (nSPS) is 11.7. The van der Waals surface area contributed by atoms with E-state index in [-0.39, 0.29) is 5.84 Å². The third kappa shape index (κ3) is 1.72. The first kappa shape index (κ1) is 10.2. The Morgan fingerprint density at radius 2 is 2.31 bits per heavy atom. The standard InChI is InChI=1S/C10H11N5O/c1-7-4-5-12-10(13-7)15-6-2-3-8(15)9(11)14-16/h2-6,16H,1H3,(H2,11,14). The fourth-order valence-electron chi connectivity index (χ4n) is 1.37. The molecule has 2 rings (SSSR count). The van der Waals surface area contributed by atoms with Gasteiger partial charge in [-0.15, -0.1) is 0 Å². The smallest absolute Gasteiger partial charge is 0.234 e. The van der Waals surface area contributed by atoms with Gasteiger partial charge in [0.15, 0.2) is 5.84 Å². The summed E-state index contributed by atoms with van der Waals surface area (Å²) < 4.78 is 1.65. The minimum absolute atomic E-state index is 0.0232. The van der Waals surface area contributed by atoms with Crippen molar-refractivity contribution in [3.8, 4) is 5.95 Å². The van der Waals surface area contributed by atoms with Gasteiger partial charge in [-0.25, -0.2) is 9.97 Å². The Balaban J connectivity index is 2.53. The van der Waals surface area contributed by atoms with E-state index in [0.29, 0.717) is 11.6 Å². The van der Waals surface area contributed by atoms with Crippen molar-refractivity contribution in [1.82, 2.24) is 14.5 Å². The zero-order valence-corrected chi connectivity index (χ0v) is 8.70. The minimum Gasteiger partial charge on any atom is -0.409 e. The van der Waals surface area contributed by atoms with Gasteiger partial charge in [-0.3, -0.25) is 4.57 Å². The molecule has 0 amide bonds. The molecule has 0 aliphatic carbocycles. The lowest BCUT2D eigenvalue weighted by molar-refractivity contribution is 0.318. The number of aryl methyl sites for hydroxylation is 1. The molecule has 0 spiro atoms. The van der Waals surface area contributed by atoms with Gasteiger partial charge in [-0.1, -0.05) is 5.16 Å². The molecular formula is C10H11N5O. The highest BCUT2D eigenvalue weighted by Crippen LogP contribution is 2.08. The second kappa shape index (κ2) is 4.01. The third-order valence-corrected chi connectivity index (χ3v) is 2.12. The summed E-state index contributed by atoms with van der Waals surface area (Å²) in [4.78, 5) is 8.37. The molecule has 0 saturated carbocycles. The molecule has 6 heteroatoms. The van der Waals surface area contributed by atoms with Crippen molar-refractivity contribution in [3.63, 3.8) is 0 Å². The number of nitrogens with zero attached hydrogens (tertiary/aromatic N) is 4. The summed E-state index contributed by atoms with van der Waals surface area (Å²) in [6, 6.07) is 5.30. The topological polar surface area (TPSA) is 89.3 Å².